The number of nitrogens with zero attached hydrogens (tertiary/aromatic N) is 5. The monoisotopic (exact) mass is 241 g/mol. The average molecular weight is 241 g/mol. The lowest BCUT2D eigenvalue weighted by atomic mass is 10.2. The number of carboxylic acid groups (broad SMARTS) is 1. The molecule has 0 saturated carbocycles. The molecule has 17 heavy (non-hydrogen) atoms. The minimum Gasteiger partial charge on any atom is -0.480 e. The number of tetrazole rings is 1. The number of ether oxygens (including phenoxy) is 1. The lowest BCUT2D eigenvalue weighted by Gasteiger charge is -2.24. The summed E-state index contributed by atoms with van der Waals surface area (Å²) in [6.07, 6.45) is 0.425. The van der Waals surface area contributed by atoms with E-state index in [2.05, 4.69) is 15.4 Å². The van der Waals surface area contributed by atoms with Gasteiger partial charge < -0.3 is 14.7 Å². The Kier molecular flexibility index (Phi) is 3.52. The highest BCUT2D eigenvalue weighted by molar-refractivity contribution is 5.71. The predicted molar refractivity (Wildman–Crippen MR) is 57.8 cm³/mol. The van der Waals surface area contributed by atoms with Crippen LogP contribution in [0.3, 0.4) is 0 Å². The van der Waals surface area contributed by atoms with Crippen molar-refractivity contribution in [3.05, 3.63) is 0 Å². The summed E-state index contributed by atoms with van der Waals surface area (Å²) in [5.74, 6) is -0.480. The lowest BCUT2D eigenvalue weighted by Crippen LogP contribution is -2.37. The van der Waals surface area contributed by atoms with E-state index in [4.69, 9.17) is 9.84 Å². The molecule has 1 aliphatic rings. The molecule has 94 valence electrons. The smallest absolute Gasteiger partial charge is 0.330 e. The molecule has 0 spiro atoms. The van der Waals surface area contributed by atoms with E-state index in [1.54, 1.807) is 6.92 Å². The first-order valence-electron chi connectivity index (χ1n) is 5.57. The van der Waals surface area contributed by atoms with Crippen LogP contribution >= 0.6 is 0 Å². The van der Waals surface area contributed by atoms with Gasteiger partial charge in [0.25, 0.3) is 5.95 Å². The van der Waals surface area contributed by atoms with Crippen LogP contribution in [0.2, 0.25) is 0 Å². The molecule has 2 rings (SSSR count). The van der Waals surface area contributed by atoms with Gasteiger partial charge in [0.05, 0.1) is 13.2 Å². The number of carbonyl (C=O) groups is 1. The molecule has 0 amide bonds. The van der Waals surface area contributed by atoms with Gasteiger partial charge in [0.15, 0.2) is 6.04 Å². The number of aliphatic carboxylic acids is 1. The van der Waals surface area contributed by atoms with Gasteiger partial charge in [-0.25, -0.2) is 4.79 Å². The first-order valence-corrected chi connectivity index (χ1v) is 5.57. The molecule has 1 aromatic heterocycles. The van der Waals surface area contributed by atoms with E-state index in [0.29, 0.717) is 38.7 Å². The van der Waals surface area contributed by atoms with Gasteiger partial charge in [-0.15, -0.1) is 9.90 Å². The van der Waals surface area contributed by atoms with E-state index >= 15 is 0 Å². The molecule has 0 unspecified atom stereocenters. The molecule has 0 aromatic carbocycles. The van der Waals surface area contributed by atoms with Gasteiger partial charge >= 0.3 is 5.97 Å². The van der Waals surface area contributed by atoms with Crippen LogP contribution in [0.15, 0.2) is 0 Å². The summed E-state index contributed by atoms with van der Waals surface area (Å²) in [6.45, 7) is 4.44. The predicted octanol–water partition coefficient (Wildman–Crippen LogP) is -0.455. The summed E-state index contributed by atoms with van der Waals surface area (Å²) in [6, 6.07) is -0.753. The number of hydrogen-bond acceptors (Lipinski definition) is 6. The molecular weight excluding hydrogens is 226 g/mol. The molecular formula is C9H15N5O3. The van der Waals surface area contributed by atoms with E-state index < -0.39 is 12.0 Å². The molecule has 1 N–H and O–H groups in total. The zero-order valence-electron chi connectivity index (χ0n) is 9.61. The summed E-state index contributed by atoms with van der Waals surface area (Å²) >= 11 is 0. The van der Waals surface area contributed by atoms with Crippen molar-refractivity contribution < 1.29 is 14.6 Å². The normalized spacial score (nSPS) is 18.1. The van der Waals surface area contributed by atoms with Crippen LogP contribution in [0.1, 0.15) is 19.4 Å². The lowest BCUT2D eigenvalue weighted by molar-refractivity contribution is -0.141. The molecule has 1 fully saturated rings. The molecule has 1 saturated heterocycles. The largest absolute Gasteiger partial charge is 0.480 e. The molecule has 8 nitrogen and oxygen atoms in total. The second-order valence-electron chi connectivity index (χ2n) is 3.77. The molecule has 1 aromatic rings. The number of rotatable bonds is 4. The fourth-order valence-electron chi connectivity index (χ4n) is 1.68. The number of hydrogen-bond donors (Lipinski definition) is 1. The molecule has 1 atom stereocenters. The van der Waals surface area contributed by atoms with Crippen LogP contribution in [-0.4, -0.2) is 57.6 Å². The zero-order valence-corrected chi connectivity index (χ0v) is 9.61. The van der Waals surface area contributed by atoms with Crippen molar-refractivity contribution in [1.29, 1.82) is 0 Å². The van der Waals surface area contributed by atoms with Crippen LogP contribution < -0.4 is 4.90 Å². The maximum Gasteiger partial charge on any atom is 0.330 e. The molecule has 0 radical (unpaired) electrons. The van der Waals surface area contributed by atoms with Gasteiger partial charge in [-0.05, 0) is 11.6 Å². The van der Waals surface area contributed by atoms with E-state index in [-0.39, 0.29) is 0 Å². The standard InChI is InChI=1S/C9H15N5O3/c1-2-7(8(15)16)14-11-9(10-12-14)13-3-5-17-6-4-13/h7H,2-6H2,1H3,(H,15,16)/t7-/m0/s1. The Morgan fingerprint density at radius 3 is 2.82 bits per heavy atom. The number of anilines is 1. The highest BCUT2D eigenvalue weighted by Gasteiger charge is 2.22. The van der Waals surface area contributed by atoms with Gasteiger partial charge in [0, 0.05) is 13.1 Å². The fourth-order valence-corrected chi connectivity index (χ4v) is 1.68. The Morgan fingerprint density at radius 1 is 1.53 bits per heavy atom. The van der Waals surface area contributed by atoms with E-state index in [1.165, 1.54) is 0 Å². The first-order chi connectivity index (χ1) is 8.22. The third-order valence-corrected chi connectivity index (χ3v) is 2.66. The Bertz CT molecular complexity index is 388. The molecule has 2 heterocycles. The summed E-state index contributed by atoms with van der Waals surface area (Å²) in [7, 11) is 0. The molecule has 8 heteroatoms. The van der Waals surface area contributed by atoms with Gasteiger partial charge in [-0.3, -0.25) is 0 Å². The summed E-state index contributed by atoms with van der Waals surface area (Å²) in [4.78, 5) is 14.0. The minimum absolute atomic E-state index is 0.425. The van der Waals surface area contributed by atoms with Crippen LogP contribution in [-0.2, 0) is 9.53 Å². The molecule has 0 aliphatic carbocycles. The van der Waals surface area contributed by atoms with Crippen LogP contribution in [0.4, 0.5) is 5.95 Å². The van der Waals surface area contributed by atoms with E-state index in [0.717, 1.165) is 4.80 Å². The number of carboxylic acids is 1. The third kappa shape index (κ3) is 2.52. The van der Waals surface area contributed by atoms with Crippen molar-refractivity contribution in [3.8, 4) is 0 Å². The van der Waals surface area contributed by atoms with Crippen molar-refractivity contribution in [2.24, 2.45) is 0 Å². The Labute approximate surface area is 98.2 Å². The third-order valence-electron chi connectivity index (χ3n) is 2.66. The van der Waals surface area contributed by atoms with Gasteiger partial charge in [-0.1, -0.05) is 12.0 Å². The maximum absolute atomic E-state index is 11.0. The zero-order chi connectivity index (χ0) is 12.3. The maximum atomic E-state index is 11.0. The van der Waals surface area contributed by atoms with E-state index in [1.807, 2.05) is 4.90 Å². The Hall–Kier alpha value is -1.70. The average Bonchev–Trinajstić information content (AvgIpc) is 2.80. The van der Waals surface area contributed by atoms with Crippen LogP contribution in [0, 0.1) is 0 Å². The Morgan fingerprint density at radius 2 is 2.24 bits per heavy atom. The van der Waals surface area contributed by atoms with Crippen LogP contribution in [0.5, 0.6) is 0 Å². The fraction of sp³-hybridized carbons (Fsp3) is 0.778. The summed E-state index contributed by atoms with van der Waals surface area (Å²) < 4.78 is 5.22. The van der Waals surface area contributed by atoms with E-state index in [9.17, 15) is 4.79 Å². The van der Waals surface area contributed by atoms with Crippen molar-refractivity contribution >= 4 is 11.9 Å². The van der Waals surface area contributed by atoms with Crippen LogP contribution in [0.25, 0.3) is 0 Å². The van der Waals surface area contributed by atoms with Crippen molar-refractivity contribution in [3.63, 3.8) is 0 Å². The summed E-state index contributed by atoms with van der Waals surface area (Å²) in [5.41, 5.74) is 0. The highest BCUT2D eigenvalue weighted by Crippen LogP contribution is 2.12. The minimum atomic E-state index is -0.946. The van der Waals surface area contributed by atoms with Gasteiger partial charge in [-0.2, -0.15) is 0 Å². The van der Waals surface area contributed by atoms with Crippen molar-refractivity contribution in [2.45, 2.75) is 19.4 Å². The quantitative estimate of drug-likeness (QED) is 0.762. The first kappa shape index (κ1) is 11.8. The topological polar surface area (TPSA) is 93.4 Å². The SMILES string of the molecule is CC[C@@H](C(=O)O)n1nnc(N2CCOCC2)n1. The highest BCUT2D eigenvalue weighted by atomic mass is 16.5. The second-order valence-corrected chi connectivity index (χ2v) is 3.77. The number of morpholine rings is 1. The molecule has 0 bridgehead atoms. The van der Waals surface area contributed by atoms with Gasteiger partial charge in [0.1, 0.15) is 0 Å². The van der Waals surface area contributed by atoms with Crippen molar-refractivity contribution in [1.82, 2.24) is 20.2 Å². The summed E-state index contributed by atoms with van der Waals surface area (Å²) in [5, 5.41) is 20.8. The van der Waals surface area contributed by atoms with Crippen molar-refractivity contribution in [2.75, 3.05) is 31.2 Å². The molecule has 1 aliphatic heterocycles. The number of aromatic nitrogens is 4. The Balaban J connectivity index is 2.11. The van der Waals surface area contributed by atoms with Gasteiger partial charge in [0.2, 0.25) is 0 Å². The second kappa shape index (κ2) is 5.09.